The SMILES string of the molecule is CCCC1CCCN(C(=O)c2cc3ccccc3[nH]2)CC1. The van der Waals surface area contributed by atoms with Crippen molar-refractivity contribution in [3.05, 3.63) is 36.0 Å². The molecule has 0 radical (unpaired) electrons. The molecule has 3 heteroatoms. The Morgan fingerprint density at radius 1 is 1.29 bits per heavy atom. The number of nitrogens with one attached hydrogen (secondary N) is 1. The van der Waals surface area contributed by atoms with Crippen LogP contribution in [0.3, 0.4) is 0 Å². The number of amides is 1. The van der Waals surface area contributed by atoms with E-state index in [-0.39, 0.29) is 5.91 Å². The third-order valence-corrected chi connectivity index (χ3v) is 4.59. The summed E-state index contributed by atoms with van der Waals surface area (Å²) in [6.07, 6.45) is 6.11. The van der Waals surface area contributed by atoms with Gasteiger partial charge in [0, 0.05) is 24.0 Å². The van der Waals surface area contributed by atoms with Crippen LogP contribution in [0, 0.1) is 5.92 Å². The van der Waals surface area contributed by atoms with Gasteiger partial charge in [0.1, 0.15) is 5.69 Å². The fourth-order valence-electron chi connectivity index (χ4n) is 3.42. The summed E-state index contributed by atoms with van der Waals surface area (Å²) in [7, 11) is 0. The molecule has 1 aromatic carbocycles. The number of hydrogen-bond acceptors (Lipinski definition) is 1. The summed E-state index contributed by atoms with van der Waals surface area (Å²) in [6, 6.07) is 10.0. The standard InChI is InChI=1S/C18H24N2O/c1-2-6-14-7-5-11-20(12-10-14)18(21)17-13-15-8-3-4-9-16(15)19-17/h3-4,8-9,13-14,19H,2,5-7,10-12H2,1H3. The minimum Gasteiger partial charge on any atom is -0.351 e. The minimum absolute atomic E-state index is 0.156. The lowest BCUT2D eigenvalue weighted by Crippen LogP contribution is -2.32. The van der Waals surface area contributed by atoms with Crippen LogP contribution in [0.2, 0.25) is 0 Å². The molecular formula is C18H24N2O. The quantitative estimate of drug-likeness (QED) is 0.900. The van der Waals surface area contributed by atoms with Crippen LogP contribution in [0.4, 0.5) is 0 Å². The molecule has 21 heavy (non-hydrogen) atoms. The lowest BCUT2D eigenvalue weighted by atomic mass is 9.96. The molecule has 2 heterocycles. The van der Waals surface area contributed by atoms with Crippen LogP contribution in [0.5, 0.6) is 0 Å². The number of aromatic nitrogens is 1. The van der Waals surface area contributed by atoms with Crippen molar-refractivity contribution >= 4 is 16.8 Å². The predicted molar refractivity (Wildman–Crippen MR) is 86.5 cm³/mol. The second-order valence-corrected chi connectivity index (χ2v) is 6.15. The number of para-hydroxylation sites is 1. The van der Waals surface area contributed by atoms with Crippen LogP contribution in [-0.4, -0.2) is 28.9 Å². The summed E-state index contributed by atoms with van der Waals surface area (Å²) >= 11 is 0. The molecule has 3 rings (SSSR count). The molecule has 1 fully saturated rings. The van der Waals surface area contributed by atoms with E-state index in [4.69, 9.17) is 0 Å². The van der Waals surface area contributed by atoms with Crippen LogP contribution < -0.4 is 0 Å². The molecule has 1 aromatic heterocycles. The van der Waals surface area contributed by atoms with E-state index in [1.807, 2.05) is 35.2 Å². The van der Waals surface area contributed by atoms with Crippen molar-refractivity contribution in [2.24, 2.45) is 5.92 Å². The Morgan fingerprint density at radius 3 is 2.95 bits per heavy atom. The third kappa shape index (κ3) is 3.12. The molecule has 0 spiro atoms. The molecule has 112 valence electrons. The molecule has 1 unspecified atom stereocenters. The maximum absolute atomic E-state index is 12.7. The summed E-state index contributed by atoms with van der Waals surface area (Å²) in [6.45, 7) is 4.05. The maximum Gasteiger partial charge on any atom is 0.270 e. The molecule has 1 N–H and O–H groups in total. The van der Waals surface area contributed by atoms with Crippen LogP contribution in [-0.2, 0) is 0 Å². The van der Waals surface area contributed by atoms with E-state index in [1.165, 1.54) is 19.3 Å². The molecule has 1 atom stereocenters. The van der Waals surface area contributed by atoms with Gasteiger partial charge < -0.3 is 9.88 Å². The van der Waals surface area contributed by atoms with Gasteiger partial charge in [0.25, 0.3) is 5.91 Å². The Morgan fingerprint density at radius 2 is 2.14 bits per heavy atom. The summed E-state index contributed by atoms with van der Waals surface area (Å²) in [4.78, 5) is 18.0. The summed E-state index contributed by atoms with van der Waals surface area (Å²) in [5, 5.41) is 1.11. The first-order chi connectivity index (χ1) is 10.3. The monoisotopic (exact) mass is 284 g/mol. The molecule has 1 aliphatic rings. The van der Waals surface area contributed by atoms with Crippen LogP contribution in [0.25, 0.3) is 10.9 Å². The number of carbonyl (C=O) groups excluding carboxylic acids is 1. The minimum atomic E-state index is 0.156. The average Bonchev–Trinajstić information content (AvgIpc) is 2.80. The van der Waals surface area contributed by atoms with Crippen LogP contribution >= 0.6 is 0 Å². The second kappa shape index (κ2) is 6.33. The molecule has 2 aromatic rings. The van der Waals surface area contributed by atoms with Crippen molar-refractivity contribution in [1.29, 1.82) is 0 Å². The first-order valence-electron chi connectivity index (χ1n) is 8.15. The van der Waals surface area contributed by atoms with Crippen LogP contribution in [0.15, 0.2) is 30.3 Å². The highest BCUT2D eigenvalue weighted by molar-refractivity contribution is 5.98. The highest BCUT2D eigenvalue weighted by Gasteiger charge is 2.22. The van der Waals surface area contributed by atoms with Crippen molar-refractivity contribution in [2.75, 3.05) is 13.1 Å². The van der Waals surface area contributed by atoms with Gasteiger partial charge in [0.15, 0.2) is 0 Å². The number of hydrogen-bond donors (Lipinski definition) is 1. The molecule has 1 aliphatic heterocycles. The highest BCUT2D eigenvalue weighted by Crippen LogP contribution is 2.23. The fraction of sp³-hybridized carbons (Fsp3) is 0.500. The van der Waals surface area contributed by atoms with Crippen molar-refractivity contribution in [3.8, 4) is 0 Å². The van der Waals surface area contributed by atoms with Crippen molar-refractivity contribution < 1.29 is 4.79 Å². The van der Waals surface area contributed by atoms with E-state index < -0.39 is 0 Å². The number of nitrogens with zero attached hydrogens (tertiary/aromatic N) is 1. The van der Waals surface area contributed by atoms with Gasteiger partial charge in [-0.3, -0.25) is 4.79 Å². The Balaban J connectivity index is 1.72. The maximum atomic E-state index is 12.7. The van der Waals surface area contributed by atoms with E-state index >= 15 is 0 Å². The number of benzene rings is 1. The molecular weight excluding hydrogens is 260 g/mol. The molecule has 0 bridgehead atoms. The number of rotatable bonds is 3. The van der Waals surface area contributed by atoms with E-state index in [1.54, 1.807) is 0 Å². The van der Waals surface area contributed by atoms with Gasteiger partial charge >= 0.3 is 0 Å². The van der Waals surface area contributed by atoms with Gasteiger partial charge in [-0.15, -0.1) is 0 Å². The number of fused-ring (bicyclic) bond motifs is 1. The van der Waals surface area contributed by atoms with Gasteiger partial charge in [0.05, 0.1) is 0 Å². The smallest absolute Gasteiger partial charge is 0.270 e. The van der Waals surface area contributed by atoms with Gasteiger partial charge in [-0.1, -0.05) is 38.0 Å². The Kier molecular flexibility index (Phi) is 4.28. The van der Waals surface area contributed by atoms with Gasteiger partial charge in [-0.05, 0) is 37.3 Å². The molecule has 1 saturated heterocycles. The predicted octanol–water partition coefficient (Wildman–Crippen LogP) is 4.21. The molecule has 3 nitrogen and oxygen atoms in total. The van der Waals surface area contributed by atoms with Gasteiger partial charge in [-0.25, -0.2) is 0 Å². The molecule has 0 saturated carbocycles. The second-order valence-electron chi connectivity index (χ2n) is 6.15. The number of likely N-dealkylation sites (tertiary alicyclic amines) is 1. The fourth-order valence-corrected chi connectivity index (χ4v) is 3.42. The van der Waals surface area contributed by atoms with Gasteiger partial charge in [-0.2, -0.15) is 0 Å². The average molecular weight is 284 g/mol. The first kappa shape index (κ1) is 14.2. The lowest BCUT2D eigenvalue weighted by molar-refractivity contribution is 0.0755. The number of H-pyrrole nitrogens is 1. The van der Waals surface area contributed by atoms with E-state index in [0.29, 0.717) is 0 Å². The zero-order valence-corrected chi connectivity index (χ0v) is 12.8. The Bertz CT molecular complexity index is 583. The number of aromatic amines is 1. The third-order valence-electron chi connectivity index (χ3n) is 4.59. The Labute approximate surface area is 126 Å². The van der Waals surface area contributed by atoms with Crippen molar-refractivity contribution in [3.63, 3.8) is 0 Å². The number of carbonyl (C=O) groups is 1. The zero-order valence-electron chi connectivity index (χ0n) is 12.8. The van der Waals surface area contributed by atoms with E-state index in [0.717, 1.165) is 48.4 Å². The summed E-state index contributed by atoms with van der Waals surface area (Å²) in [5.41, 5.74) is 1.77. The highest BCUT2D eigenvalue weighted by atomic mass is 16.2. The largest absolute Gasteiger partial charge is 0.351 e. The summed E-state index contributed by atoms with van der Waals surface area (Å²) < 4.78 is 0. The Hall–Kier alpha value is -1.77. The normalized spacial score (nSPS) is 19.7. The van der Waals surface area contributed by atoms with Crippen molar-refractivity contribution in [2.45, 2.75) is 39.0 Å². The first-order valence-corrected chi connectivity index (χ1v) is 8.15. The molecule has 0 aliphatic carbocycles. The topological polar surface area (TPSA) is 36.1 Å². The van der Waals surface area contributed by atoms with E-state index in [9.17, 15) is 4.79 Å². The van der Waals surface area contributed by atoms with Gasteiger partial charge in [0.2, 0.25) is 0 Å². The zero-order chi connectivity index (χ0) is 14.7. The van der Waals surface area contributed by atoms with Crippen LogP contribution in [0.1, 0.15) is 49.5 Å². The van der Waals surface area contributed by atoms with E-state index in [2.05, 4.69) is 11.9 Å². The van der Waals surface area contributed by atoms with Crippen molar-refractivity contribution in [1.82, 2.24) is 9.88 Å². The summed E-state index contributed by atoms with van der Waals surface area (Å²) in [5.74, 6) is 0.957. The lowest BCUT2D eigenvalue weighted by Gasteiger charge is -2.19. The molecule has 1 amide bonds.